The van der Waals surface area contributed by atoms with Crippen molar-refractivity contribution in [3.63, 3.8) is 0 Å². The van der Waals surface area contributed by atoms with E-state index >= 15 is 0 Å². The molecule has 1 aliphatic heterocycles. The molecular weight excluding hydrogens is 232 g/mol. The van der Waals surface area contributed by atoms with Crippen LogP contribution in [0.3, 0.4) is 0 Å². The smallest absolute Gasteiger partial charge is 0.0334 e. The summed E-state index contributed by atoms with van der Waals surface area (Å²) in [5, 5.41) is 0. The van der Waals surface area contributed by atoms with Crippen LogP contribution in [0.15, 0.2) is 0 Å². The maximum atomic E-state index is 6.24. The lowest BCUT2D eigenvalue weighted by molar-refractivity contribution is 0.00847. The average molecular weight is 266 g/mol. The van der Waals surface area contributed by atoms with E-state index in [2.05, 4.69) is 18.7 Å². The van der Waals surface area contributed by atoms with Crippen LogP contribution in [-0.4, -0.2) is 30.1 Å². The van der Waals surface area contributed by atoms with Gasteiger partial charge in [-0.1, -0.05) is 46.0 Å². The quantitative estimate of drug-likeness (QED) is 0.820. The predicted octanol–water partition coefficient (Wildman–Crippen LogP) is 3.80. The van der Waals surface area contributed by atoms with E-state index in [1.165, 1.54) is 70.9 Å². The highest BCUT2D eigenvalue weighted by atomic mass is 15.2. The summed E-state index contributed by atoms with van der Waals surface area (Å²) in [7, 11) is 0. The van der Waals surface area contributed by atoms with Gasteiger partial charge in [-0.25, -0.2) is 0 Å². The second kappa shape index (κ2) is 7.08. The van der Waals surface area contributed by atoms with Crippen LogP contribution >= 0.6 is 0 Å². The molecule has 0 bridgehead atoms. The third kappa shape index (κ3) is 3.52. The normalized spacial score (nSPS) is 34.6. The second-order valence-electron chi connectivity index (χ2n) is 7.02. The third-order valence-electron chi connectivity index (χ3n) is 5.86. The summed E-state index contributed by atoms with van der Waals surface area (Å²) in [5.74, 6) is 1.91. The van der Waals surface area contributed by atoms with Crippen LogP contribution in [0.4, 0.5) is 0 Å². The molecule has 2 fully saturated rings. The SMILES string of the molecule is CCCC1CCN(C2(CN)CCCC(CC)C2)CC1. The van der Waals surface area contributed by atoms with Gasteiger partial charge in [-0.15, -0.1) is 0 Å². The van der Waals surface area contributed by atoms with Crippen molar-refractivity contribution in [2.45, 2.75) is 77.2 Å². The van der Waals surface area contributed by atoms with E-state index < -0.39 is 0 Å². The number of nitrogens with zero attached hydrogens (tertiary/aromatic N) is 1. The minimum absolute atomic E-state index is 0.357. The zero-order valence-electron chi connectivity index (χ0n) is 13.2. The summed E-state index contributed by atoms with van der Waals surface area (Å²) in [6.07, 6.45) is 12.5. The van der Waals surface area contributed by atoms with E-state index in [0.717, 1.165) is 18.4 Å². The van der Waals surface area contributed by atoms with Gasteiger partial charge >= 0.3 is 0 Å². The Morgan fingerprint density at radius 3 is 2.42 bits per heavy atom. The lowest BCUT2D eigenvalue weighted by atomic mass is 9.72. The number of nitrogens with two attached hydrogens (primary N) is 1. The summed E-state index contributed by atoms with van der Waals surface area (Å²) in [6.45, 7) is 8.16. The Bertz CT molecular complexity index is 258. The van der Waals surface area contributed by atoms with Crippen molar-refractivity contribution >= 4 is 0 Å². The van der Waals surface area contributed by atoms with E-state index in [-0.39, 0.29) is 0 Å². The minimum atomic E-state index is 0.357. The van der Waals surface area contributed by atoms with Gasteiger partial charge in [0.2, 0.25) is 0 Å². The Balaban J connectivity index is 1.94. The molecule has 2 rings (SSSR count). The fraction of sp³-hybridized carbons (Fsp3) is 1.00. The van der Waals surface area contributed by atoms with Gasteiger partial charge in [-0.3, -0.25) is 4.90 Å². The van der Waals surface area contributed by atoms with E-state index in [0.29, 0.717) is 5.54 Å². The summed E-state index contributed by atoms with van der Waals surface area (Å²) in [5.41, 5.74) is 6.59. The van der Waals surface area contributed by atoms with Gasteiger partial charge in [0.1, 0.15) is 0 Å². The number of piperidine rings is 1. The van der Waals surface area contributed by atoms with Gasteiger partial charge in [0.15, 0.2) is 0 Å². The molecule has 1 aliphatic carbocycles. The minimum Gasteiger partial charge on any atom is -0.329 e. The van der Waals surface area contributed by atoms with Gasteiger partial charge in [-0.05, 0) is 50.6 Å². The molecule has 2 aliphatic rings. The molecule has 0 aromatic rings. The maximum Gasteiger partial charge on any atom is 0.0334 e. The average Bonchev–Trinajstić information content (AvgIpc) is 2.48. The Kier molecular flexibility index (Phi) is 5.70. The van der Waals surface area contributed by atoms with Crippen molar-refractivity contribution in [3.8, 4) is 0 Å². The zero-order valence-corrected chi connectivity index (χ0v) is 13.2. The van der Waals surface area contributed by atoms with Crippen molar-refractivity contribution < 1.29 is 0 Å². The van der Waals surface area contributed by atoms with Gasteiger partial charge < -0.3 is 5.73 Å². The van der Waals surface area contributed by atoms with Crippen LogP contribution in [-0.2, 0) is 0 Å². The first-order valence-electron chi connectivity index (χ1n) is 8.69. The molecule has 0 spiro atoms. The van der Waals surface area contributed by atoms with Crippen molar-refractivity contribution in [2.24, 2.45) is 17.6 Å². The van der Waals surface area contributed by atoms with Crippen molar-refractivity contribution in [1.29, 1.82) is 0 Å². The number of likely N-dealkylation sites (tertiary alicyclic amines) is 1. The Morgan fingerprint density at radius 1 is 1.11 bits per heavy atom. The molecule has 1 saturated heterocycles. The molecule has 1 saturated carbocycles. The molecule has 2 nitrogen and oxygen atoms in total. The number of rotatable bonds is 5. The van der Waals surface area contributed by atoms with Gasteiger partial charge in [-0.2, -0.15) is 0 Å². The first-order chi connectivity index (χ1) is 9.24. The van der Waals surface area contributed by atoms with E-state index in [1.807, 2.05) is 0 Å². The lowest BCUT2D eigenvalue weighted by Gasteiger charge is -2.50. The summed E-state index contributed by atoms with van der Waals surface area (Å²) < 4.78 is 0. The van der Waals surface area contributed by atoms with Crippen LogP contribution in [0.1, 0.15) is 71.6 Å². The zero-order chi connectivity index (χ0) is 13.7. The van der Waals surface area contributed by atoms with E-state index in [1.54, 1.807) is 0 Å². The van der Waals surface area contributed by atoms with Crippen molar-refractivity contribution in [1.82, 2.24) is 4.90 Å². The number of hydrogen-bond acceptors (Lipinski definition) is 2. The predicted molar refractivity (Wildman–Crippen MR) is 83.2 cm³/mol. The van der Waals surface area contributed by atoms with Gasteiger partial charge in [0.05, 0.1) is 0 Å². The molecule has 19 heavy (non-hydrogen) atoms. The molecule has 0 aromatic heterocycles. The molecular formula is C17H34N2. The Labute approximate surface area is 120 Å². The van der Waals surface area contributed by atoms with Crippen LogP contribution in [0, 0.1) is 11.8 Å². The highest BCUT2D eigenvalue weighted by Crippen LogP contribution is 2.39. The van der Waals surface area contributed by atoms with Crippen molar-refractivity contribution in [3.05, 3.63) is 0 Å². The first kappa shape index (κ1) is 15.3. The summed E-state index contributed by atoms with van der Waals surface area (Å²) >= 11 is 0. The Hall–Kier alpha value is -0.0800. The molecule has 2 atom stereocenters. The molecule has 0 radical (unpaired) electrons. The van der Waals surface area contributed by atoms with Crippen LogP contribution < -0.4 is 5.73 Å². The summed E-state index contributed by atoms with van der Waals surface area (Å²) in [6, 6.07) is 0. The topological polar surface area (TPSA) is 29.3 Å². The number of hydrogen-bond donors (Lipinski definition) is 1. The third-order valence-corrected chi connectivity index (χ3v) is 5.86. The lowest BCUT2D eigenvalue weighted by Crippen LogP contribution is -2.58. The molecule has 0 amide bonds. The highest BCUT2D eigenvalue weighted by Gasteiger charge is 2.40. The van der Waals surface area contributed by atoms with Crippen molar-refractivity contribution in [2.75, 3.05) is 19.6 Å². The maximum absolute atomic E-state index is 6.24. The molecule has 2 N–H and O–H groups in total. The van der Waals surface area contributed by atoms with Crippen LogP contribution in [0.25, 0.3) is 0 Å². The molecule has 0 aromatic carbocycles. The molecule has 1 heterocycles. The van der Waals surface area contributed by atoms with Gasteiger partial charge in [0, 0.05) is 12.1 Å². The standard InChI is InChI=1S/C17H34N2/c1-3-6-16-8-11-19(12-9-16)17(14-18)10-5-7-15(4-2)13-17/h15-16H,3-14,18H2,1-2H3. The largest absolute Gasteiger partial charge is 0.329 e. The Morgan fingerprint density at radius 2 is 1.84 bits per heavy atom. The second-order valence-corrected chi connectivity index (χ2v) is 7.02. The molecule has 112 valence electrons. The fourth-order valence-corrected chi connectivity index (χ4v) is 4.52. The molecule has 2 unspecified atom stereocenters. The highest BCUT2D eigenvalue weighted by molar-refractivity contribution is 4.97. The van der Waals surface area contributed by atoms with Gasteiger partial charge in [0.25, 0.3) is 0 Å². The molecule has 2 heteroatoms. The van der Waals surface area contributed by atoms with E-state index in [9.17, 15) is 0 Å². The first-order valence-corrected chi connectivity index (χ1v) is 8.69. The van der Waals surface area contributed by atoms with Crippen LogP contribution in [0.2, 0.25) is 0 Å². The fourth-order valence-electron chi connectivity index (χ4n) is 4.52. The van der Waals surface area contributed by atoms with Crippen LogP contribution in [0.5, 0.6) is 0 Å². The monoisotopic (exact) mass is 266 g/mol. The van der Waals surface area contributed by atoms with E-state index in [4.69, 9.17) is 5.73 Å². The summed E-state index contributed by atoms with van der Waals surface area (Å²) in [4.78, 5) is 2.78.